The summed E-state index contributed by atoms with van der Waals surface area (Å²) in [5, 5.41) is -0.839. The van der Waals surface area contributed by atoms with E-state index in [0.29, 0.717) is 16.8 Å². The maximum atomic E-state index is 14.4. The normalized spacial score (nSPS) is 21.9. The minimum Gasteiger partial charge on any atom is -0.303 e. The lowest BCUT2D eigenvalue weighted by atomic mass is 10.0. The SMILES string of the molecule is C[C@@H](c1ccccc1S(=O)(=O)[C@H]1[C@H](c2ccccc2)N(c2ccccc2)O[C@@H]1C(F)(F)F)N(C)C. The number of hydrogen-bond acceptors (Lipinski definition) is 5. The standard InChI is InChI=1S/C26H27F3N2O3S/c1-18(30(2)3)21-16-10-11-17-22(21)35(32,33)24-23(19-12-6-4-7-13-19)31(20-14-8-5-9-15-20)34-25(24)26(27,28)29/h4-18,23-25H,1-3H3/t18-,23-,24-,25-/m0/s1. The van der Waals surface area contributed by atoms with Crippen LogP contribution in [-0.2, 0) is 14.7 Å². The van der Waals surface area contributed by atoms with Crippen molar-refractivity contribution >= 4 is 15.5 Å². The molecule has 1 saturated heterocycles. The summed E-state index contributed by atoms with van der Waals surface area (Å²) in [5.74, 6) is 0. The predicted molar refractivity (Wildman–Crippen MR) is 129 cm³/mol. The van der Waals surface area contributed by atoms with Gasteiger partial charge in [0.25, 0.3) is 0 Å². The van der Waals surface area contributed by atoms with Gasteiger partial charge in [-0.2, -0.15) is 13.2 Å². The zero-order chi connectivity index (χ0) is 25.4. The second kappa shape index (κ2) is 9.64. The first-order chi connectivity index (χ1) is 16.5. The summed E-state index contributed by atoms with van der Waals surface area (Å²) in [5.41, 5.74) is 1.18. The Morgan fingerprint density at radius 2 is 1.43 bits per heavy atom. The van der Waals surface area contributed by atoms with Gasteiger partial charge in [-0.25, -0.2) is 13.5 Å². The van der Waals surface area contributed by atoms with Crippen molar-refractivity contribution in [3.05, 3.63) is 96.1 Å². The highest BCUT2D eigenvalue weighted by Crippen LogP contribution is 2.48. The number of alkyl halides is 3. The molecule has 1 aliphatic heterocycles. The molecule has 0 radical (unpaired) electrons. The van der Waals surface area contributed by atoms with Crippen LogP contribution in [0.15, 0.2) is 89.8 Å². The summed E-state index contributed by atoms with van der Waals surface area (Å²) in [6.45, 7) is 1.81. The van der Waals surface area contributed by atoms with Gasteiger partial charge in [0.15, 0.2) is 9.84 Å². The van der Waals surface area contributed by atoms with E-state index in [4.69, 9.17) is 4.84 Å². The predicted octanol–water partition coefficient (Wildman–Crippen LogP) is 5.58. The lowest BCUT2D eigenvalue weighted by molar-refractivity contribution is -0.208. The second-order valence-corrected chi connectivity index (χ2v) is 10.8. The molecule has 3 aromatic carbocycles. The van der Waals surface area contributed by atoms with Crippen LogP contribution in [-0.4, -0.2) is 44.9 Å². The molecule has 5 nitrogen and oxygen atoms in total. The molecule has 1 heterocycles. The Hall–Kier alpha value is -2.88. The number of nitrogens with zero attached hydrogens (tertiary/aromatic N) is 2. The van der Waals surface area contributed by atoms with E-state index in [-0.39, 0.29) is 10.9 Å². The van der Waals surface area contributed by atoms with Crippen molar-refractivity contribution in [2.45, 2.75) is 41.4 Å². The third kappa shape index (κ3) is 4.80. The molecule has 0 unspecified atom stereocenters. The van der Waals surface area contributed by atoms with Crippen LogP contribution in [0.1, 0.15) is 30.1 Å². The highest BCUT2D eigenvalue weighted by atomic mass is 32.2. The zero-order valence-electron chi connectivity index (χ0n) is 19.6. The third-order valence-electron chi connectivity index (χ3n) is 6.37. The number of benzene rings is 3. The molecule has 0 amide bonds. The van der Waals surface area contributed by atoms with Crippen LogP contribution < -0.4 is 5.06 Å². The zero-order valence-corrected chi connectivity index (χ0v) is 20.4. The van der Waals surface area contributed by atoms with E-state index >= 15 is 0 Å². The number of hydroxylamine groups is 1. The molecule has 4 atom stereocenters. The summed E-state index contributed by atoms with van der Waals surface area (Å²) in [7, 11) is -0.958. The number of para-hydroxylation sites is 1. The highest BCUT2D eigenvalue weighted by molar-refractivity contribution is 7.92. The van der Waals surface area contributed by atoms with Gasteiger partial charge in [-0.15, -0.1) is 0 Å². The molecule has 4 rings (SSSR count). The fourth-order valence-electron chi connectivity index (χ4n) is 4.41. The van der Waals surface area contributed by atoms with Crippen LogP contribution in [0.5, 0.6) is 0 Å². The van der Waals surface area contributed by atoms with Crippen LogP contribution >= 0.6 is 0 Å². The summed E-state index contributed by atoms with van der Waals surface area (Å²) in [4.78, 5) is 7.15. The van der Waals surface area contributed by atoms with Crippen LogP contribution in [0.3, 0.4) is 0 Å². The summed E-state index contributed by atoms with van der Waals surface area (Å²) in [6, 6.07) is 21.2. The molecule has 1 aliphatic rings. The van der Waals surface area contributed by atoms with Crippen LogP contribution in [0, 0.1) is 0 Å². The highest BCUT2D eigenvalue weighted by Gasteiger charge is 2.62. The first-order valence-corrected chi connectivity index (χ1v) is 12.7. The van der Waals surface area contributed by atoms with Gasteiger partial charge in [0.1, 0.15) is 11.3 Å². The molecule has 3 aromatic rings. The lowest BCUT2D eigenvalue weighted by Gasteiger charge is -2.29. The Kier molecular flexibility index (Phi) is 6.95. The largest absolute Gasteiger partial charge is 0.418 e. The van der Waals surface area contributed by atoms with Gasteiger partial charge in [0.05, 0.1) is 10.6 Å². The Bertz CT molecular complexity index is 1250. The van der Waals surface area contributed by atoms with Gasteiger partial charge in [0, 0.05) is 6.04 Å². The molecule has 1 fully saturated rings. The van der Waals surface area contributed by atoms with Crippen LogP contribution in [0.4, 0.5) is 18.9 Å². The van der Waals surface area contributed by atoms with Crippen molar-refractivity contribution in [1.29, 1.82) is 0 Å². The fraction of sp³-hybridized carbons (Fsp3) is 0.308. The number of hydrogen-bond donors (Lipinski definition) is 0. The summed E-state index contributed by atoms with van der Waals surface area (Å²) >= 11 is 0. The minimum atomic E-state index is -4.92. The molecular formula is C26H27F3N2O3S. The maximum Gasteiger partial charge on any atom is 0.418 e. The van der Waals surface area contributed by atoms with Crippen molar-refractivity contribution in [2.75, 3.05) is 19.2 Å². The number of anilines is 1. The Morgan fingerprint density at radius 3 is 2.00 bits per heavy atom. The van der Waals surface area contributed by atoms with Gasteiger partial charge < -0.3 is 4.90 Å². The smallest absolute Gasteiger partial charge is 0.303 e. The Labute approximate surface area is 203 Å². The van der Waals surface area contributed by atoms with E-state index in [1.54, 1.807) is 86.9 Å². The molecule has 0 aliphatic carbocycles. The summed E-state index contributed by atoms with van der Waals surface area (Å²) in [6.07, 6.45) is -7.48. The first kappa shape index (κ1) is 25.2. The van der Waals surface area contributed by atoms with Gasteiger partial charge >= 0.3 is 6.18 Å². The van der Waals surface area contributed by atoms with E-state index in [1.807, 2.05) is 11.8 Å². The lowest BCUT2D eigenvalue weighted by Crippen LogP contribution is -2.43. The maximum absolute atomic E-state index is 14.4. The van der Waals surface area contributed by atoms with E-state index in [0.717, 1.165) is 5.06 Å². The van der Waals surface area contributed by atoms with Crippen molar-refractivity contribution in [2.24, 2.45) is 0 Å². The number of halogens is 3. The Balaban J connectivity index is 1.95. The topological polar surface area (TPSA) is 49.9 Å². The van der Waals surface area contributed by atoms with Crippen molar-refractivity contribution in [3.8, 4) is 0 Å². The molecule has 0 spiro atoms. The quantitative estimate of drug-likeness (QED) is 0.439. The monoisotopic (exact) mass is 504 g/mol. The number of rotatable bonds is 6. The van der Waals surface area contributed by atoms with E-state index in [9.17, 15) is 21.6 Å². The van der Waals surface area contributed by atoms with E-state index in [2.05, 4.69) is 0 Å². The summed E-state index contributed by atoms with van der Waals surface area (Å²) < 4.78 is 71.5. The molecule has 186 valence electrons. The molecule has 0 bridgehead atoms. The number of sulfone groups is 1. The fourth-order valence-corrected chi connectivity index (χ4v) is 6.67. The Morgan fingerprint density at radius 1 is 0.886 bits per heavy atom. The second-order valence-electron chi connectivity index (χ2n) is 8.77. The van der Waals surface area contributed by atoms with Gasteiger partial charge in [-0.1, -0.05) is 66.7 Å². The third-order valence-corrected chi connectivity index (χ3v) is 8.58. The van der Waals surface area contributed by atoms with Crippen LogP contribution in [0.25, 0.3) is 0 Å². The van der Waals surface area contributed by atoms with Crippen molar-refractivity contribution in [3.63, 3.8) is 0 Å². The van der Waals surface area contributed by atoms with Crippen molar-refractivity contribution < 1.29 is 26.4 Å². The first-order valence-electron chi connectivity index (χ1n) is 11.2. The van der Waals surface area contributed by atoms with E-state index in [1.165, 1.54) is 12.1 Å². The van der Waals surface area contributed by atoms with Gasteiger partial charge in [-0.05, 0) is 50.3 Å². The average molecular weight is 505 g/mol. The van der Waals surface area contributed by atoms with Gasteiger partial charge in [-0.3, -0.25) is 4.84 Å². The molecule has 0 saturated carbocycles. The molecule has 0 N–H and O–H groups in total. The molecular weight excluding hydrogens is 477 g/mol. The van der Waals surface area contributed by atoms with E-state index < -0.39 is 33.4 Å². The minimum absolute atomic E-state index is 0.125. The van der Waals surface area contributed by atoms with Crippen molar-refractivity contribution in [1.82, 2.24) is 4.90 Å². The van der Waals surface area contributed by atoms with Gasteiger partial charge in [0.2, 0.25) is 6.10 Å². The average Bonchev–Trinajstić information content (AvgIpc) is 3.27. The molecule has 35 heavy (non-hydrogen) atoms. The molecule has 0 aromatic heterocycles. The molecule has 9 heteroatoms. The van der Waals surface area contributed by atoms with Crippen LogP contribution in [0.2, 0.25) is 0 Å².